The van der Waals surface area contributed by atoms with Gasteiger partial charge in [0.2, 0.25) is 5.91 Å². The number of rotatable bonds is 7. The molecule has 2 unspecified atom stereocenters. The van der Waals surface area contributed by atoms with Crippen molar-refractivity contribution in [1.82, 2.24) is 5.32 Å². The van der Waals surface area contributed by atoms with Gasteiger partial charge in [0.1, 0.15) is 0 Å². The van der Waals surface area contributed by atoms with E-state index in [2.05, 4.69) is 26.1 Å². The zero-order chi connectivity index (χ0) is 14.3. The van der Waals surface area contributed by atoms with Crippen molar-refractivity contribution in [3.63, 3.8) is 0 Å². The number of nitrogens with two attached hydrogens (primary N) is 1. The van der Waals surface area contributed by atoms with Gasteiger partial charge in [-0.2, -0.15) is 0 Å². The van der Waals surface area contributed by atoms with E-state index in [1.807, 2.05) is 0 Å². The lowest BCUT2D eigenvalue weighted by Crippen LogP contribution is -2.48. The Morgan fingerprint density at radius 2 is 2.11 bits per heavy atom. The summed E-state index contributed by atoms with van der Waals surface area (Å²) in [7, 11) is 0. The third kappa shape index (κ3) is 4.77. The topological polar surface area (TPSA) is 64.4 Å². The maximum Gasteiger partial charge on any atom is 0.220 e. The molecule has 0 aliphatic carbocycles. The number of carbonyl (C=O) groups is 1. The zero-order valence-electron chi connectivity index (χ0n) is 12.7. The van der Waals surface area contributed by atoms with Crippen LogP contribution in [0.15, 0.2) is 0 Å². The quantitative estimate of drug-likeness (QED) is 0.745. The van der Waals surface area contributed by atoms with Crippen molar-refractivity contribution < 1.29 is 9.53 Å². The molecule has 0 aromatic rings. The Bertz CT molecular complexity index is 273. The first-order valence-corrected chi connectivity index (χ1v) is 7.72. The van der Waals surface area contributed by atoms with E-state index >= 15 is 0 Å². The van der Waals surface area contributed by atoms with Gasteiger partial charge in [-0.1, -0.05) is 27.2 Å². The maximum atomic E-state index is 12.0. The maximum absolute atomic E-state index is 12.0. The second kappa shape index (κ2) is 7.85. The number of hydrogen-bond acceptors (Lipinski definition) is 3. The molecule has 1 rings (SSSR count). The lowest BCUT2D eigenvalue weighted by Gasteiger charge is -2.40. The molecule has 1 heterocycles. The molecule has 112 valence electrons. The predicted molar refractivity (Wildman–Crippen MR) is 77.9 cm³/mol. The highest BCUT2D eigenvalue weighted by atomic mass is 16.5. The Labute approximate surface area is 117 Å². The highest BCUT2D eigenvalue weighted by molar-refractivity contribution is 5.76. The van der Waals surface area contributed by atoms with Gasteiger partial charge in [-0.05, 0) is 38.1 Å². The van der Waals surface area contributed by atoms with E-state index in [1.54, 1.807) is 0 Å². The molecule has 1 aliphatic rings. The average Bonchev–Trinajstić information content (AvgIpc) is 2.44. The van der Waals surface area contributed by atoms with Crippen molar-refractivity contribution in [1.29, 1.82) is 0 Å². The molecule has 4 nitrogen and oxygen atoms in total. The van der Waals surface area contributed by atoms with Gasteiger partial charge in [-0.25, -0.2) is 0 Å². The van der Waals surface area contributed by atoms with Crippen LogP contribution in [-0.2, 0) is 9.53 Å². The molecule has 0 spiro atoms. The van der Waals surface area contributed by atoms with Crippen LogP contribution >= 0.6 is 0 Å². The van der Waals surface area contributed by atoms with Crippen LogP contribution in [0.3, 0.4) is 0 Å². The number of carbonyl (C=O) groups excluding carboxylic acids is 1. The summed E-state index contributed by atoms with van der Waals surface area (Å²) in [5, 5.41) is 3.17. The molecule has 1 saturated heterocycles. The molecule has 0 aromatic carbocycles. The minimum atomic E-state index is -0.0335. The molecule has 1 fully saturated rings. The molecule has 2 atom stereocenters. The van der Waals surface area contributed by atoms with Crippen molar-refractivity contribution in [3.8, 4) is 0 Å². The predicted octanol–water partition coefficient (Wildman–Crippen LogP) is 2.22. The Kier molecular flexibility index (Phi) is 6.80. The lowest BCUT2D eigenvalue weighted by atomic mass is 9.86. The summed E-state index contributed by atoms with van der Waals surface area (Å²) < 4.78 is 5.93. The Morgan fingerprint density at radius 1 is 1.42 bits per heavy atom. The third-order valence-corrected chi connectivity index (χ3v) is 4.53. The van der Waals surface area contributed by atoms with Gasteiger partial charge in [0.25, 0.3) is 0 Å². The fourth-order valence-corrected chi connectivity index (χ4v) is 2.84. The summed E-state index contributed by atoms with van der Waals surface area (Å²) >= 11 is 0. The van der Waals surface area contributed by atoms with Crippen LogP contribution in [0.2, 0.25) is 0 Å². The Hall–Kier alpha value is -0.610. The first-order valence-electron chi connectivity index (χ1n) is 7.72. The second-order valence-corrected chi connectivity index (χ2v) is 5.71. The number of hydrogen-bond donors (Lipinski definition) is 2. The molecular weight excluding hydrogens is 240 g/mol. The SMILES string of the molecule is CCC(CN)CC(=O)NC1CCOC(CC)(CC)C1. The Morgan fingerprint density at radius 3 is 2.63 bits per heavy atom. The molecule has 19 heavy (non-hydrogen) atoms. The van der Waals surface area contributed by atoms with E-state index in [9.17, 15) is 4.79 Å². The normalized spacial score (nSPS) is 23.9. The summed E-state index contributed by atoms with van der Waals surface area (Å²) in [6.07, 6.45) is 5.39. The van der Waals surface area contributed by atoms with E-state index in [1.165, 1.54) is 0 Å². The molecule has 0 bridgehead atoms. The van der Waals surface area contributed by atoms with Crippen LogP contribution in [0, 0.1) is 5.92 Å². The Balaban J connectivity index is 2.46. The minimum absolute atomic E-state index is 0.0335. The second-order valence-electron chi connectivity index (χ2n) is 5.71. The standard InChI is InChI=1S/C15H30N2O2/c1-4-12(11-16)9-14(18)17-13-7-8-19-15(5-2,6-3)10-13/h12-13H,4-11,16H2,1-3H3,(H,17,18). The monoisotopic (exact) mass is 270 g/mol. The minimum Gasteiger partial charge on any atom is -0.375 e. The van der Waals surface area contributed by atoms with Gasteiger partial charge >= 0.3 is 0 Å². The molecule has 1 aliphatic heterocycles. The van der Waals surface area contributed by atoms with Crippen LogP contribution in [0.25, 0.3) is 0 Å². The van der Waals surface area contributed by atoms with Gasteiger partial charge in [0.15, 0.2) is 0 Å². The lowest BCUT2D eigenvalue weighted by molar-refractivity contribution is -0.126. The fourth-order valence-electron chi connectivity index (χ4n) is 2.84. The van der Waals surface area contributed by atoms with Crippen molar-refractivity contribution in [2.24, 2.45) is 11.7 Å². The number of ether oxygens (including phenoxy) is 1. The summed E-state index contributed by atoms with van der Waals surface area (Å²) in [5.74, 6) is 0.451. The highest BCUT2D eigenvalue weighted by Gasteiger charge is 2.35. The van der Waals surface area contributed by atoms with Gasteiger partial charge in [-0.3, -0.25) is 4.79 Å². The summed E-state index contributed by atoms with van der Waals surface area (Å²) in [4.78, 5) is 12.0. The van der Waals surface area contributed by atoms with Crippen LogP contribution < -0.4 is 11.1 Å². The van der Waals surface area contributed by atoms with Crippen LogP contribution in [0.1, 0.15) is 59.3 Å². The van der Waals surface area contributed by atoms with Crippen molar-refractivity contribution in [2.45, 2.75) is 70.9 Å². The molecule has 0 aromatic heterocycles. The van der Waals surface area contributed by atoms with E-state index in [4.69, 9.17) is 10.5 Å². The third-order valence-electron chi connectivity index (χ3n) is 4.53. The molecule has 0 radical (unpaired) electrons. The van der Waals surface area contributed by atoms with Crippen LogP contribution in [0.4, 0.5) is 0 Å². The van der Waals surface area contributed by atoms with Crippen LogP contribution in [0.5, 0.6) is 0 Å². The van der Waals surface area contributed by atoms with E-state index < -0.39 is 0 Å². The molecule has 1 amide bonds. The number of amides is 1. The first-order chi connectivity index (χ1) is 9.09. The van der Waals surface area contributed by atoms with Crippen LogP contribution in [-0.4, -0.2) is 30.7 Å². The summed E-state index contributed by atoms with van der Waals surface area (Å²) in [5.41, 5.74) is 5.62. The number of nitrogens with one attached hydrogen (secondary N) is 1. The average molecular weight is 270 g/mol. The van der Waals surface area contributed by atoms with Gasteiger partial charge < -0.3 is 15.8 Å². The molecule has 0 saturated carbocycles. The van der Waals surface area contributed by atoms with E-state index in [-0.39, 0.29) is 17.6 Å². The fraction of sp³-hybridized carbons (Fsp3) is 0.933. The van der Waals surface area contributed by atoms with Crippen molar-refractivity contribution in [3.05, 3.63) is 0 Å². The summed E-state index contributed by atoms with van der Waals surface area (Å²) in [6.45, 7) is 7.75. The van der Waals surface area contributed by atoms with E-state index in [0.717, 1.165) is 38.7 Å². The first kappa shape index (κ1) is 16.4. The smallest absolute Gasteiger partial charge is 0.220 e. The molecule has 4 heteroatoms. The van der Waals surface area contributed by atoms with Crippen molar-refractivity contribution >= 4 is 5.91 Å². The largest absolute Gasteiger partial charge is 0.375 e. The molecule has 3 N–H and O–H groups in total. The zero-order valence-corrected chi connectivity index (χ0v) is 12.7. The molecular formula is C15H30N2O2. The van der Waals surface area contributed by atoms with E-state index in [0.29, 0.717) is 18.9 Å². The highest BCUT2D eigenvalue weighted by Crippen LogP contribution is 2.31. The van der Waals surface area contributed by atoms with Gasteiger partial charge in [0.05, 0.1) is 5.60 Å². The van der Waals surface area contributed by atoms with Crippen molar-refractivity contribution in [2.75, 3.05) is 13.2 Å². The summed E-state index contributed by atoms with van der Waals surface area (Å²) in [6, 6.07) is 0.261. The van der Waals surface area contributed by atoms with Gasteiger partial charge in [-0.15, -0.1) is 0 Å². The van der Waals surface area contributed by atoms with Gasteiger partial charge in [0, 0.05) is 19.1 Å².